The van der Waals surface area contributed by atoms with E-state index in [1.807, 2.05) is 42.9 Å². The first-order valence-corrected chi connectivity index (χ1v) is 8.69. The molecule has 0 atom stereocenters. The molecule has 0 aliphatic heterocycles. The lowest BCUT2D eigenvalue weighted by Gasteiger charge is -2.15. The number of amides is 1. The quantitative estimate of drug-likeness (QED) is 0.700. The zero-order chi connectivity index (χ0) is 17.1. The molecule has 24 heavy (non-hydrogen) atoms. The van der Waals surface area contributed by atoms with Gasteiger partial charge in [-0.05, 0) is 6.07 Å². The first kappa shape index (κ1) is 16.7. The van der Waals surface area contributed by atoms with Crippen molar-refractivity contribution in [3.05, 3.63) is 58.3 Å². The van der Waals surface area contributed by atoms with Gasteiger partial charge < -0.3 is 4.90 Å². The lowest BCUT2D eigenvalue weighted by Crippen LogP contribution is -2.27. The molecule has 5 nitrogen and oxygen atoms in total. The molecule has 0 saturated carbocycles. The van der Waals surface area contributed by atoms with Gasteiger partial charge in [-0.1, -0.05) is 29.8 Å². The number of carbonyl (C=O) groups is 1. The van der Waals surface area contributed by atoms with Gasteiger partial charge in [0.15, 0.2) is 0 Å². The number of hydrogen-bond acceptors (Lipinski definition) is 4. The summed E-state index contributed by atoms with van der Waals surface area (Å²) in [7, 11) is 3.65. The van der Waals surface area contributed by atoms with Crippen molar-refractivity contribution in [2.45, 2.75) is 13.0 Å². The van der Waals surface area contributed by atoms with Crippen LogP contribution in [0.15, 0.2) is 42.0 Å². The third-order valence-electron chi connectivity index (χ3n) is 3.59. The van der Waals surface area contributed by atoms with Gasteiger partial charge >= 0.3 is 0 Å². The maximum Gasteiger partial charge on any atom is 0.228 e. The Labute approximate surface area is 149 Å². The highest BCUT2D eigenvalue weighted by Gasteiger charge is 2.14. The first-order chi connectivity index (χ1) is 11.5. The van der Waals surface area contributed by atoms with Crippen LogP contribution in [0, 0.1) is 0 Å². The topological polar surface area (TPSA) is 51.0 Å². The Bertz CT molecular complexity index is 858. The summed E-state index contributed by atoms with van der Waals surface area (Å²) in [5, 5.41) is 7.52. The Kier molecular flexibility index (Phi) is 4.97. The average molecular weight is 361 g/mol. The SMILES string of the molecule is CN(Cc1cnn(C)c1)C(=O)Cc1csc(-c2ccccc2Cl)n1. The molecule has 0 aliphatic rings. The molecule has 0 bridgehead atoms. The number of carbonyl (C=O) groups excluding carboxylic acids is 1. The minimum Gasteiger partial charge on any atom is -0.341 e. The fraction of sp³-hybridized carbons (Fsp3) is 0.235. The Morgan fingerprint density at radius 2 is 2.17 bits per heavy atom. The molecule has 3 rings (SSSR count). The highest BCUT2D eigenvalue weighted by molar-refractivity contribution is 7.13. The lowest BCUT2D eigenvalue weighted by atomic mass is 10.2. The zero-order valence-electron chi connectivity index (χ0n) is 13.4. The molecular formula is C17H17ClN4OS. The predicted molar refractivity (Wildman–Crippen MR) is 95.9 cm³/mol. The molecule has 1 amide bonds. The Balaban J connectivity index is 1.66. The summed E-state index contributed by atoms with van der Waals surface area (Å²) in [6.45, 7) is 0.536. The fourth-order valence-electron chi connectivity index (χ4n) is 2.35. The van der Waals surface area contributed by atoms with E-state index in [9.17, 15) is 4.79 Å². The molecule has 0 aliphatic carbocycles. The van der Waals surface area contributed by atoms with E-state index in [2.05, 4.69) is 10.1 Å². The monoisotopic (exact) mass is 360 g/mol. The van der Waals surface area contributed by atoms with Gasteiger partial charge in [0.25, 0.3) is 0 Å². The minimum atomic E-state index is 0.0230. The highest BCUT2D eigenvalue weighted by atomic mass is 35.5. The molecule has 7 heteroatoms. The zero-order valence-corrected chi connectivity index (χ0v) is 15.0. The Hall–Kier alpha value is -2.18. The van der Waals surface area contributed by atoms with Crippen LogP contribution in [-0.2, 0) is 24.8 Å². The van der Waals surface area contributed by atoms with Crippen molar-refractivity contribution in [3.8, 4) is 10.6 Å². The number of likely N-dealkylation sites (N-methyl/N-ethyl adjacent to an activating group) is 1. The number of rotatable bonds is 5. The summed E-state index contributed by atoms with van der Waals surface area (Å²) in [4.78, 5) is 18.6. The number of benzene rings is 1. The van der Waals surface area contributed by atoms with E-state index in [1.54, 1.807) is 22.8 Å². The Morgan fingerprint density at radius 1 is 1.38 bits per heavy atom. The van der Waals surface area contributed by atoms with Crippen molar-refractivity contribution < 1.29 is 4.79 Å². The van der Waals surface area contributed by atoms with Crippen molar-refractivity contribution >= 4 is 28.8 Å². The van der Waals surface area contributed by atoms with E-state index >= 15 is 0 Å². The summed E-state index contributed by atoms with van der Waals surface area (Å²) >= 11 is 7.70. The third kappa shape index (κ3) is 3.83. The molecule has 0 N–H and O–H groups in total. The lowest BCUT2D eigenvalue weighted by molar-refractivity contribution is -0.129. The third-order valence-corrected chi connectivity index (χ3v) is 4.85. The largest absolute Gasteiger partial charge is 0.341 e. The number of nitrogens with zero attached hydrogens (tertiary/aromatic N) is 4. The molecular weight excluding hydrogens is 344 g/mol. The second-order valence-corrected chi connectivity index (χ2v) is 6.84. The number of thiazole rings is 1. The molecule has 3 aromatic rings. The van der Waals surface area contributed by atoms with Crippen molar-refractivity contribution in [1.82, 2.24) is 19.7 Å². The highest BCUT2D eigenvalue weighted by Crippen LogP contribution is 2.30. The summed E-state index contributed by atoms with van der Waals surface area (Å²) in [5.74, 6) is 0.0230. The van der Waals surface area contributed by atoms with Gasteiger partial charge in [0.05, 0.1) is 23.3 Å². The van der Waals surface area contributed by atoms with Crippen LogP contribution in [-0.4, -0.2) is 32.6 Å². The van der Waals surface area contributed by atoms with Crippen LogP contribution in [0.3, 0.4) is 0 Å². The normalized spacial score (nSPS) is 10.8. The standard InChI is InChI=1S/C17H17ClN4OS/c1-21(9-12-8-19-22(2)10-12)16(23)7-13-11-24-17(20-13)14-5-3-4-6-15(14)18/h3-6,8,10-11H,7,9H2,1-2H3. The van der Waals surface area contributed by atoms with Crippen molar-refractivity contribution in [2.75, 3.05) is 7.05 Å². The van der Waals surface area contributed by atoms with E-state index in [1.165, 1.54) is 11.3 Å². The molecule has 0 radical (unpaired) electrons. The minimum absolute atomic E-state index is 0.0230. The van der Waals surface area contributed by atoms with E-state index in [0.29, 0.717) is 11.6 Å². The van der Waals surface area contributed by atoms with Crippen molar-refractivity contribution in [1.29, 1.82) is 0 Å². The molecule has 1 aromatic carbocycles. The van der Waals surface area contributed by atoms with Crippen LogP contribution in [0.2, 0.25) is 5.02 Å². The number of aromatic nitrogens is 3. The predicted octanol–water partition coefficient (Wildman–Crippen LogP) is 3.40. The van der Waals surface area contributed by atoms with Gasteiger partial charge in [-0.15, -0.1) is 11.3 Å². The fourth-order valence-corrected chi connectivity index (χ4v) is 3.49. The number of halogens is 1. The van der Waals surface area contributed by atoms with Gasteiger partial charge in [-0.3, -0.25) is 9.48 Å². The second-order valence-electron chi connectivity index (χ2n) is 5.57. The van der Waals surface area contributed by atoms with Gasteiger partial charge in [0, 0.05) is 43.3 Å². The summed E-state index contributed by atoms with van der Waals surface area (Å²) in [5.41, 5.74) is 2.66. The van der Waals surface area contributed by atoms with E-state index < -0.39 is 0 Å². The second kappa shape index (κ2) is 7.15. The maximum absolute atomic E-state index is 12.4. The maximum atomic E-state index is 12.4. The van der Waals surface area contributed by atoms with E-state index in [-0.39, 0.29) is 12.3 Å². The van der Waals surface area contributed by atoms with Crippen molar-refractivity contribution in [2.24, 2.45) is 7.05 Å². The van der Waals surface area contributed by atoms with Crippen LogP contribution in [0.1, 0.15) is 11.3 Å². The molecule has 0 unspecified atom stereocenters. The molecule has 2 heterocycles. The van der Waals surface area contributed by atoms with Crippen molar-refractivity contribution in [3.63, 3.8) is 0 Å². The molecule has 0 saturated heterocycles. The summed E-state index contributed by atoms with van der Waals surface area (Å²) in [6, 6.07) is 7.58. The smallest absolute Gasteiger partial charge is 0.228 e. The van der Waals surface area contributed by atoms with Gasteiger partial charge in [0.2, 0.25) is 5.91 Å². The molecule has 2 aromatic heterocycles. The van der Waals surface area contributed by atoms with Gasteiger partial charge in [-0.25, -0.2) is 4.98 Å². The average Bonchev–Trinajstić information content (AvgIpc) is 3.17. The van der Waals surface area contributed by atoms with E-state index in [0.717, 1.165) is 21.8 Å². The van der Waals surface area contributed by atoms with Crippen LogP contribution in [0.5, 0.6) is 0 Å². The summed E-state index contributed by atoms with van der Waals surface area (Å²) in [6.07, 6.45) is 3.95. The van der Waals surface area contributed by atoms with Gasteiger partial charge in [0.1, 0.15) is 5.01 Å². The van der Waals surface area contributed by atoms with E-state index in [4.69, 9.17) is 11.6 Å². The number of aryl methyl sites for hydroxylation is 1. The molecule has 0 fully saturated rings. The van der Waals surface area contributed by atoms with Gasteiger partial charge in [-0.2, -0.15) is 5.10 Å². The van der Waals surface area contributed by atoms with Crippen LogP contribution >= 0.6 is 22.9 Å². The first-order valence-electron chi connectivity index (χ1n) is 7.43. The number of hydrogen-bond donors (Lipinski definition) is 0. The Morgan fingerprint density at radius 3 is 2.88 bits per heavy atom. The molecule has 0 spiro atoms. The van der Waals surface area contributed by atoms with Crippen LogP contribution in [0.25, 0.3) is 10.6 Å². The van der Waals surface area contributed by atoms with Crippen LogP contribution < -0.4 is 0 Å². The van der Waals surface area contributed by atoms with Crippen LogP contribution in [0.4, 0.5) is 0 Å². The summed E-state index contributed by atoms with van der Waals surface area (Å²) < 4.78 is 1.73. The molecule has 124 valence electrons.